The lowest BCUT2D eigenvalue weighted by Crippen LogP contribution is -2.36. The van der Waals surface area contributed by atoms with Gasteiger partial charge in [0.1, 0.15) is 11.6 Å². The summed E-state index contributed by atoms with van der Waals surface area (Å²) in [7, 11) is 0. The van der Waals surface area contributed by atoms with E-state index in [1.165, 1.54) is 33.4 Å². The SMILES string of the molecule is Cc1cccc(Nc2ccc3c(c2)C(c2ccnc(N4CCOCC4)c2)=NC3)c1.Cc1cccc(Nc2ccc3c(c2)C(c2ccnc(N4CCOCC4)c2)=NC3)c1.Cl.O=S=O.O=S=O. The first-order chi connectivity index (χ1) is 31.3. The second kappa shape index (κ2) is 24.0. The van der Waals surface area contributed by atoms with Crippen LogP contribution < -0.4 is 20.4 Å². The summed E-state index contributed by atoms with van der Waals surface area (Å²) in [6.45, 7) is 12.2. The molecule has 0 radical (unpaired) electrons. The van der Waals surface area contributed by atoms with Crippen LogP contribution in [-0.4, -0.2) is 90.8 Å². The molecule has 4 aliphatic rings. The number of rotatable bonds is 8. The Morgan fingerprint density at radius 2 is 0.892 bits per heavy atom. The maximum Gasteiger partial charge on any atom is 0.335 e. The molecular formula is C48H49ClN8O6S2. The van der Waals surface area contributed by atoms with Crippen LogP contribution in [0, 0.1) is 13.8 Å². The van der Waals surface area contributed by atoms with Crippen molar-refractivity contribution in [3.63, 3.8) is 0 Å². The van der Waals surface area contributed by atoms with Gasteiger partial charge < -0.3 is 29.9 Å². The fourth-order valence-corrected chi connectivity index (χ4v) is 7.86. The van der Waals surface area contributed by atoms with Crippen molar-refractivity contribution in [3.05, 3.63) is 166 Å². The molecule has 0 bridgehead atoms. The minimum absolute atomic E-state index is 0. The largest absolute Gasteiger partial charge is 0.378 e. The highest BCUT2D eigenvalue weighted by Gasteiger charge is 2.22. The van der Waals surface area contributed by atoms with E-state index in [-0.39, 0.29) is 12.4 Å². The molecule has 0 atom stereocenters. The molecule has 0 spiro atoms. The minimum Gasteiger partial charge on any atom is -0.378 e. The zero-order valence-electron chi connectivity index (χ0n) is 36.0. The van der Waals surface area contributed by atoms with E-state index in [9.17, 15) is 0 Å². The molecule has 0 unspecified atom stereocenters. The number of aromatic nitrogens is 2. The summed E-state index contributed by atoms with van der Waals surface area (Å²) in [5, 5.41) is 7.04. The first kappa shape index (κ1) is 48.0. The zero-order valence-corrected chi connectivity index (χ0v) is 38.4. The first-order valence-corrected chi connectivity index (χ1v) is 22.1. The highest BCUT2D eigenvalue weighted by atomic mass is 35.5. The van der Waals surface area contributed by atoms with Crippen LogP contribution in [0.3, 0.4) is 0 Å². The van der Waals surface area contributed by atoms with E-state index in [2.05, 4.69) is 153 Å². The smallest absolute Gasteiger partial charge is 0.335 e. The molecule has 10 rings (SSSR count). The second-order valence-corrected chi connectivity index (χ2v) is 15.5. The van der Waals surface area contributed by atoms with Crippen molar-refractivity contribution in [2.45, 2.75) is 26.9 Å². The normalized spacial score (nSPS) is 14.4. The van der Waals surface area contributed by atoms with Gasteiger partial charge in [-0.25, -0.2) is 9.97 Å². The van der Waals surface area contributed by atoms with Crippen LogP contribution in [0.2, 0.25) is 0 Å². The Balaban J connectivity index is 0.000000190. The van der Waals surface area contributed by atoms with Crippen LogP contribution >= 0.6 is 12.4 Å². The Bertz CT molecular complexity index is 2530. The monoisotopic (exact) mass is 932 g/mol. The third-order valence-corrected chi connectivity index (χ3v) is 10.9. The molecule has 6 aromatic rings. The number of hydrogen-bond acceptors (Lipinski definition) is 14. The molecule has 17 heteroatoms. The lowest BCUT2D eigenvalue weighted by atomic mass is 10.00. The van der Waals surface area contributed by atoms with E-state index in [4.69, 9.17) is 36.3 Å². The summed E-state index contributed by atoms with van der Waals surface area (Å²) < 4.78 is 44.1. The number of benzene rings is 4. The van der Waals surface area contributed by atoms with Crippen LogP contribution in [0.15, 0.2) is 132 Å². The quantitative estimate of drug-likeness (QED) is 0.153. The van der Waals surface area contributed by atoms with E-state index in [1.807, 2.05) is 12.4 Å². The molecule has 65 heavy (non-hydrogen) atoms. The number of pyridine rings is 2. The molecule has 0 saturated carbocycles. The molecule has 4 aromatic carbocycles. The van der Waals surface area contributed by atoms with Gasteiger partial charge in [0.15, 0.2) is 0 Å². The van der Waals surface area contributed by atoms with Gasteiger partial charge in [-0.1, -0.05) is 36.4 Å². The molecule has 2 saturated heterocycles. The van der Waals surface area contributed by atoms with Gasteiger partial charge in [-0.2, -0.15) is 16.8 Å². The van der Waals surface area contributed by atoms with E-state index < -0.39 is 23.1 Å². The van der Waals surface area contributed by atoms with Crippen molar-refractivity contribution in [1.29, 1.82) is 0 Å². The number of aryl methyl sites for hydroxylation is 2. The third-order valence-electron chi connectivity index (χ3n) is 10.9. The topological polar surface area (TPSA) is 168 Å². The molecule has 2 fully saturated rings. The number of nitrogens with zero attached hydrogens (tertiary/aromatic N) is 6. The van der Waals surface area contributed by atoms with E-state index in [0.717, 1.165) is 123 Å². The van der Waals surface area contributed by atoms with Crippen molar-refractivity contribution < 1.29 is 26.3 Å². The first-order valence-electron chi connectivity index (χ1n) is 20.8. The number of halogens is 1. The Labute approximate surface area is 391 Å². The summed E-state index contributed by atoms with van der Waals surface area (Å²) in [4.78, 5) is 23.4. The third kappa shape index (κ3) is 12.9. The lowest BCUT2D eigenvalue weighted by Gasteiger charge is -2.28. The predicted molar refractivity (Wildman–Crippen MR) is 260 cm³/mol. The fraction of sp³-hybridized carbons (Fsp3) is 0.250. The van der Waals surface area contributed by atoms with Crippen molar-refractivity contribution in [3.8, 4) is 0 Å². The van der Waals surface area contributed by atoms with E-state index in [0.29, 0.717) is 0 Å². The summed E-state index contributed by atoms with van der Waals surface area (Å²) in [5.74, 6) is 1.99. The number of aliphatic imine (C=N–C) groups is 2. The van der Waals surface area contributed by atoms with Gasteiger partial charge in [-0.15, -0.1) is 12.4 Å². The van der Waals surface area contributed by atoms with Gasteiger partial charge in [-0.3, -0.25) is 9.98 Å². The maximum atomic E-state index is 8.29. The molecule has 6 heterocycles. The number of nitrogens with one attached hydrogen (secondary N) is 2. The van der Waals surface area contributed by atoms with Crippen LogP contribution in [0.25, 0.3) is 0 Å². The second-order valence-electron chi connectivity index (χ2n) is 15.2. The van der Waals surface area contributed by atoms with Crippen molar-refractivity contribution in [2.24, 2.45) is 9.98 Å². The fourth-order valence-electron chi connectivity index (χ4n) is 7.86. The van der Waals surface area contributed by atoms with Crippen LogP contribution in [0.4, 0.5) is 34.4 Å². The summed E-state index contributed by atoms with van der Waals surface area (Å²) in [5.41, 5.74) is 16.1. The van der Waals surface area contributed by atoms with Gasteiger partial charge >= 0.3 is 23.1 Å². The molecule has 4 aliphatic heterocycles. The number of hydrogen-bond donors (Lipinski definition) is 2. The Kier molecular flexibility index (Phi) is 17.8. The molecule has 336 valence electrons. The number of anilines is 6. The highest BCUT2D eigenvalue weighted by molar-refractivity contribution is 7.51. The van der Waals surface area contributed by atoms with Crippen molar-refractivity contribution in [2.75, 3.05) is 73.0 Å². The Morgan fingerprint density at radius 3 is 1.28 bits per heavy atom. The van der Waals surface area contributed by atoms with Crippen LogP contribution in [-0.2, 0) is 45.7 Å². The Hall–Kier alpha value is -6.43. The van der Waals surface area contributed by atoms with E-state index in [1.54, 1.807) is 0 Å². The number of fused-ring (bicyclic) bond motifs is 2. The van der Waals surface area contributed by atoms with Crippen molar-refractivity contribution >= 4 is 81.4 Å². The van der Waals surface area contributed by atoms with Gasteiger partial charge in [0, 0.05) is 83.6 Å². The summed E-state index contributed by atoms with van der Waals surface area (Å²) in [6, 6.07) is 38.3. The summed E-state index contributed by atoms with van der Waals surface area (Å²) in [6.07, 6.45) is 3.77. The maximum absolute atomic E-state index is 8.29. The Morgan fingerprint density at radius 1 is 0.508 bits per heavy atom. The van der Waals surface area contributed by atoms with Crippen molar-refractivity contribution in [1.82, 2.24) is 9.97 Å². The standard InChI is InChI=1S/2C24H24N4O.ClH.2O2S/c2*1-17-3-2-4-20(13-17)27-21-6-5-19-16-26-24(22(19)15-21)18-7-8-25-23(14-18)28-9-11-29-12-10-28;;2*1-3-2/h2*2-8,13-15,27H,9-12,16H2,1H3;1H;;. The number of morpholine rings is 2. The zero-order chi connectivity index (χ0) is 44.7. The molecule has 0 aliphatic carbocycles. The average Bonchev–Trinajstić information content (AvgIpc) is 3.95. The lowest BCUT2D eigenvalue weighted by molar-refractivity contribution is 0.122. The molecule has 2 aromatic heterocycles. The predicted octanol–water partition coefficient (Wildman–Crippen LogP) is 7.72. The van der Waals surface area contributed by atoms with Gasteiger partial charge in [0.25, 0.3) is 0 Å². The minimum atomic E-state index is -0.750. The highest BCUT2D eigenvalue weighted by Crippen LogP contribution is 2.31. The summed E-state index contributed by atoms with van der Waals surface area (Å²) >= 11 is -1.50. The van der Waals surface area contributed by atoms with E-state index >= 15 is 0 Å². The van der Waals surface area contributed by atoms with Gasteiger partial charge in [0.05, 0.1) is 50.9 Å². The van der Waals surface area contributed by atoms with Crippen LogP contribution in [0.1, 0.15) is 44.5 Å². The molecule has 2 N–H and O–H groups in total. The molecule has 14 nitrogen and oxygen atoms in total. The molecule has 0 amide bonds. The van der Waals surface area contributed by atoms with Gasteiger partial charge in [0.2, 0.25) is 0 Å². The van der Waals surface area contributed by atoms with Crippen LogP contribution in [0.5, 0.6) is 0 Å². The number of ether oxygens (including phenoxy) is 2. The average molecular weight is 934 g/mol. The van der Waals surface area contributed by atoms with Gasteiger partial charge in [-0.05, 0) is 109 Å². The molecular weight excluding hydrogens is 884 g/mol.